The summed E-state index contributed by atoms with van der Waals surface area (Å²) in [6.45, 7) is 3.27. The van der Waals surface area contributed by atoms with Crippen LogP contribution in [0.5, 0.6) is 0 Å². The van der Waals surface area contributed by atoms with E-state index in [4.69, 9.17) is 0 Å². The Bertz CT molecular complexity index is 409. The van der Waals surface area contributed by atoms with Crippen molar-refractivity contribution in [1.29, 1.82) is 0 Å². The van der Waals surface area contributed by atoms with Crippen LogP contribution >= 0.6 is 0 Å². The Morgan fingerprint density at radius 1 is 1.00 bits per heavy atom. The molecule has 0 aromatic heterocycles. The third-order valence-corrected chi connectivity index (χ3v) is 4.32. The lowest BCUT2D eigenvalue weighted by molar-refractivity contribution is 0.235. The first-order valence-electron chi connectivity index (χ1n) is 8.04. The zero-order valence-electron chi connectivity index (χ0n) is 12.9. The zero-order valence-corrected chi connectivity index (χ0v) is 12.9. The molecule has 1 aromatic carbocycles. The molecule has 0 amide bonds. The fourth-order valence-electron chi connectivity index (χ4n) is 3.10. The number of nitrogens with one attached hydrogen (secondary N) is 1. The number of nitrogens with zero attached hydrogens (tertiary/aromatic N) is 1. The third kappa shape index (κ3) is 5.36. The van der Waals surface area contributed by atoms with Gasteiger partial charge in [-0.25, -0.2) is 8.78 Å². The highest BCUT2D eigenvalue weighted by Crippen LogP contribution is 2.20. The summed E-state index contributed by atoms with van der Waals surface area (Å²) in [7, 11) is 1.85. The van der Waals surface area contributed by atoms with Crippen molar-refractivity contribution >= 4 is 0 Å². The summed E-state index contributed by atoms with van der Waals surface area (Å²) in [5.74, 6) is -1.01. The molecular weight excluding hydrogens is 270 g/mol. The van der Waals surface area contributed by atoms with Gasteiger partial charge in [-0.2, -0.15) is 0 Å². The second-order valence-corrected chi connectivity index (χ2v) is 5.94. The van der Waals surface area contributed by atoms with Gasteiger partial charge < -0.3 is 10.2 Å². The van der Waals surface area contributed by atoms with Crippen molar-refractivity contribution in [2.75, 3.05) is 26.7 Å². The van der Waals surface area contributed by atoms with Crippen LogP contribution in [0.3, 0.4) is 0 Å². The highest BCUT2D eigenvalue weighted by molar-refractivity contribution is 5.21. The van der Waals surface area contributed by atoms with Crippen LogP contribution in [-0.2, 0) is 0 Å². The number of hydrogen-bond acceptors (Lipinski definition) is 2. The normalized spacial score (nSPS) is 19.0. The fraction of sp³-hybridized carbons (Fsp3) is 0.647. The second kappa shape index (κ2) is 8.44. The molecular formula is C17H26F2N2. The van der Waals surface area contributed by atoms with Crippen LogP contribution in [0.25, 0.3) is 0 Å². The van der Waals surface area contributed by atoms with Crippen LogP contribution in [0, 0.1) is 11.6 Å². The fourth-order valence-corrected chi connectivity index (χ4v) is 3.10. The number of hydrogen-bond donors (Lipinski definition) is 1. The van der Waals surface area contributed by atoms with E-state index in [1.54, 1.807) is 0 Å². The predicted molar refractivity (Wildman–Crippen MR) is 82.3 cm³/mol. The molecule has 1 atom stereocenters. The van der Waals surface area contributed by atoms with Crippen molar-refractivity contribution in [3.05, 3.63) is 35.4 Å². The minimum Gasteiger partial charge on any atom is -0.313 e. The maximum atomic E-state index is 13.3. The maximum Gasteiger partial charge on any atom is 0.126 e. The van der Waals surface area contributed by atoms with Gasteiger partial charge in [0.15, 0.2) is 0 Å². The van der Waals surface area contributed by atoms with E-state index in [1.165, 1.54) is 44.2 Å². The summed E-state index contributed by atoms with van der Waals surface area (Å²) in [6, 6.07) is 3.78. The van der Waals surface area contributed by atoms with Gasteiger partial charge in [-0.1, -0.05) is 19.3 Å². The summed E-state index contributed by atoms with van der Waals surface area (Å²) in [5, 5.41) is 3.18. The quantitative estimate of drug-likeness (QED) is 0.887. The molecule has 4 heteroatoms. The Morgan fingerprint density at radius 2 is 1.57 bits per heavy atom. The lowest BCUT2D eigenvalue weighted by Gasteiger charge is -2.26. The first-order chi connectivity index (χ1) is 10.2. The lowest BCUT2D eigenvalue weighted by atomic mass is 10.0. The number of benzene rings is 1. The smallest absolute Gasteiger partial charge is 0.126 e. The monoisotopic (exact) mass is 296 g/mol. The van der Waals surface area contributed by atoms with Gasteiger partial charge in [0.1, 0.15) is 11.6 Å². The molecule has 1 fully saturated rings. The second-order valence-electron chi connectivity index (χ2n) is 5.94. The van der Waals surface area contributed by atoms with Crippen LogP contribution in [0.4, 0.5) is 8.78 Å². The van der Waals surface area contributed by atoms with Gasteiger partial charge in [-0.15, -0.1) is 0 Å². The summed E-state index contributed by atoms with van der Waals surface area (Å²) in [4.78, 5) is 2.49. The van der Waals surface area contributed by atoms with Gasteiger partial charge in [-0.3, -0.25) is 0 Å². The van der Waals surface area contributed by atoms with Crippen LogP contribution in [0.2, 0.25) is 0 Å². The Kier molecular flexibility index (Phi) is 6.58. The Hall–Kier alpha value is -1.00. The Labute approximate surface area is 126 Å². The average molecular weight is 296 g/mol. The molecule has 0 aliphatic carbocycles. The molecule has 2 rings (SSSR count). The third-order valence-electron chi connectivity index (χ3n) is 4.32. The van der Waals surface area contributed by atoms with Crippen molar-refractivity contribution in [1.82, 2.24) is 10.2 Å². The first kappa shape index (κ1) is 16.4. The SMILES string of the molecule is CNC(CCN1CCCCCCC1)c1cc(F)cc(F)c1. The van der Waals surface area contributed by atoms with Crippen LogP contribution in [0.1, 0.15) is 50.1 Å². The summed E-state index contributed by atoms with van der Waals surface area (Å²) in [6.07, 6.45) is 7.40. The molecule has 2 nitrogen and oxygen atoms in total. The van der Waals surface area contributed by atoms with Gasteiger partial charge >= 0.3 is 0 Å². The summed E-state index contributed by atoms with van der Waals surface area (Å²) in [5.41, 5.74) is 0.696. The van der Waals surface area contributed by atoms with Gasteiger partial charge in [-0.05, 0) is 63.6 Å². The molecule has 1 N–H and O–H groups in total. The molecule has 1 saturated heterocycles. The molecule has 1 aromatic rings. The molecule has 0 bridgehead atoms. The van der Waals surface area contributed by atoms with Crippen molar-refractivity contribution in [3.8, 4) is 0 Å². The molecule has 118 valence electrons. The first-order valence-corrected chi connectivity index (χ1v) is 8.04. The summed E-state index contributed by atoms with van der Waals surface area (Å²) < 4.78 is 26.7. The Balaban J connectivity index is 1.91. The minimum atomic E-state index is -0.503. The van der Waals surface area contributed by atoms with Crippen molar-refractivity contribution in [3.63, 3.8) is 0 Å². The van der Waals surface area contributed by atoms with E-state index in [0.29, 0.717) is 5.56 Å². The lowest BCUT2D eigenvalue weighted by Crippen LogP contribution is -2.31. The Morgan fingerprint density at radius 3 is 2.14 bits per heavy atom. The standard InChI is InChI=1S/C17H26F2N2/c1-20-17(14-11-15(18)13-16(19)12-14)7-10-21-8-5-3-2-4-6-9-21/h11-13,17,20H,2-10H2,1H3. The van der Waals surface area contributed by atoms with Crippen LogP contribution in [-0.4, -0.2) is 31.6 Å². The highest BCUT2D eigenvalue weighted by Gasteiger charge is 2.14. The van der Waals surface area contributed by atoms with Crippen LogP contribution < -0.4 is 5.32 Å². The molecule has 1 aliphatic heterocycles. The molecule has 1 heterocycles. The molecule has 0 radical (unpaired) electrons. The predicted octanol–water partition coefficient (Wildman–Crippen LogP) is 3.88. The number of likely N-dealkylation sites (tertiary alicyclic amines) is 1. The van der Waals surface area contributed by atoms with E-state index in [1.807, 2.05) is 7.05 Å². The molecule has 21 heavy (non-hydrogen) atoms. The van der Waals surface area contributed by atoms with E-state index < -0.39 is 11.6 Å². The van der Waals surface area contributed by atoms with Crippen molar-refractivity contribution in [2.45, 2.75) is 44.6 Å². The van der Waals surface area contributed by atoms with Gasteiger partial charge in [0.25, 0.3) is 0 Å². The number of rotatable bonds is 5. The molecule has 1 unspecified atom stereocenters. The topological polar surface area (TPSA) is 15.3 Å². The van der Waals surface area contributed by atoms with Crippen molar-refractivity contribution in [2.24, 2.45) is 0 Å². The summed E-state index contributed by atoms with van der Waals surface area (Å²) >= 11 is 0. The minimum absolute atomic E-state index is 0.000593. The van der Waals surface area contributed by atoms with E-state index in [2.05, 4.69) is 10.2 Å². The van der Waals surface area contributed by atoms with Crippen molar-refractivity contribution < 1.29 is 8.78 Å². The van der Waals surface area contributed by atoms with E-state index in [-0.39, 0.29) is 6.04 Å². The molecule has 0 saturated carbocycles. The average Bonchev–Trinajstić information content (AvgIpc) is 2.40. The van der Waals surface area contributed by atoms with Crippen LogP contribution in [0.15, 0.2) is 18.2 Å². The van der Waals surface area contributed by atoms with Gasteiger partial charge in [0, 0.05) is 12.1 Å². The maximum absolute atomic E-state index is 13.3. The molecule has 0 spiro atoms. The van der Waals surface area contributed by atoms with E-state index in [0.717, 1.165) is 32.1 Å². The van der Waals surface area contributed by atoms with Gasteiger partial charge in [0.05, 0.1) is 0 Å². The highest BCUT2D eigenvalue weighted by atomic mass is 19.1. The number of halogens is 2. The van der Waals surface area contributed by atoms with Gasteiger partial charge in [0.2, 0.25) is 0 Å². The molecule has 1 aliphatic rings. The zero-order chi connectivity index (χ0) is 15.1. The van der Waals surface area contributed by atoms with E-state index >= 15 is 0 Å². The van der Waals surface area contributed by atoms with E-state index in [9.17, 15) is 8.78 Å². The largest absolute Gasteiger partial charge is 0.313 e.